The molecule has 0 saturated carbocycles. The van der Waals surface area contributed by atoms with E-state index in [4.69, 9.17) is 9.15 Å². The van der Waals surface area contributed by atoms with Gasteiger partial charge in [-0.05, 0) is 19.9 Å². The third-order valence-electron chi connectivity index (χ3n) is 3.41. The molecule has 0 aliphatic heterocycles. The number of rotatable bonds is 6. The summed E-state index contributed by atoms with van der Waals surface area (Å²) in [7, 11) is 1.29. The molecule has 0 saturated heterocycles. The molecule has 0 aliphatic rings. The van der Waals surface area contributed by atoms with Crippen LogP contribution in [0.2, 0.25) is 0 Å². The van der Waals surface area contributed by atoms with Gasteiger partial charge in [-0.1, -0.05) is 0 Å². The fraction of sp³-hybridized carbons (Fsp3) is 0.385. The van der Waals surface area contributed by atoms with Crippen LogP contribution in [0.3, 0.4) is 0 Å². The maximum Gasteiger partial charge on any atom is 0.362 e. The van der Waals surface area contributed by atoms with Crippen LogP contribution in [0.5, 0.6) is 5.88 Å². The lowest BCUT2D eigenvalue weighted by atomic mass is 10.3. The summed E-state index contributed by atoms with van der Waals surface area (Å²) >= 11 is 0. The third kappa shape index (κ3) is 2.83. The van der Waals surface area contributed by atoms with Gasteiger partial charge in [0.1, 0.15) is 0 Å². The van der Waals surface area contributed by atoms with Crippen molar-refractivity contribution in [2.24, 2.45) is 0 Å². The summed E-state index contributed by atoms with van der Waals surface area (Å²) in [6.45, 7) is 4.44. The second-order valence-electron chi connectivity index (χ2n) is 5.11. The van der Waals surface area contributed by atoms with E-state index in [9.17, 15) is 10.1 Å². The van der Waals surface area contributed by atoms with E-state index >= 15 is 0 Å². The van der Waals surface area contributed by atoms with E-state index in [0.29, 0.717) is 18.9 Å². The van der Waals surface area contributed by atoms with E-state index in [0.717, 1.165) is 11.4 Å². The minimum Gasteiger partial charge on any atom is -0.475 e. The molecule has 11 heteroatoms. The van der Waals surface area contributed by atoms with Gasteiger partial charge in [-0.2, -0.15) is 5.10 Å². The second-order valence-corrected chi connectivity index (χ2v) is 5.11. The SMILES string of the molecule is COc1n[nH]c(-c2nnc(CCn3nc(C)cc3C)o2)c1[N+](=O)[O-]. The Hall–Kier alpha value is -3.24. The first-order chi connectivity index (χ1) is 11.5. The number of nitro groups is 1. The maximum atomic E-state index is 11.2. The number of aromatic nitrogens is 6. The molecule has 3 aromatic heterocycles. The standard InChI is InChI=1S/C13H15N7O4/c1-7-6-8(2)19(18-7)5-4-9-14-16-12(24-9)10-11(20(21)22)13(23-3)17-15-10/h6H,4-5H2,1-3H3,(H,15,17). The number of aryl methyl sites for hydroxylation is 4. The van der Waals surface area contributed by atoms with E-state index < -0.39 is 4.92 Å². The average Bonchev–Trinajstić information content (AvgIpc) is 3.22. The Kier molecular flexibility index (Phi) is 3.98. The molecule has 0 spiro atoms. The number of hydrogen-bond donors (Lipinski definition) is 1. The highest BCUT2D eigenvalue weighted by Crippen LogP contribution is 2.34. The molecule has 0 aromatic carbocycles. The maximum absolute atomic E-state index is 11.2. The molecule has 0 radical (unpaired) electrons. The third-order valence-corrected chi connectivity index (χ3v) is 3.41. The van der Waals surface area contributed by atoms with Gasteiger partial charge in [0, 0.05) is 18.7 Å². The lowest BCUT2D eigenvalue weighted by Crippen LogP contribution is -2.05. The highest BCUT2D eigenvalue weighted by atomic mass is 16.6. The summed E-state index contributed by atoms with van der Waals surface area (Å²) in [5.41, 5.74) is 1.63. The Bertz CT molecular complexity index is 879. The Labute approximate surface area is 135 Å². The number of hydrogen-bond acceptors (Lipinski definition) is 8. The highest BCUT2D eigenvalue weighted by Gasteiger charge is 2.30. The summed E-state index contributed by atoms with van der Waals surface area (Å²) in [6.07, 6.45) is 0.452. The zero-order valence-electron chi connectivity index (χ0n) is 13.3. The van der Waals surface area contributed by atoms with Crippen LogP contribution in [0.4, 0.5) is 5.69 Å². The molecule has 3 rings (SSSR count). The van der Waals surface area contributed by atoms with Crippen LogP contribution in [0, 0.1) is 24.0 Å². The lowest BCUT2D eigenvalue weighted by molar-refractivity contribution is -0.385. The van der Waals surface area contributed by atoms with Gasteiger partial charge in [-0.15, -0.1) is 15.3 Å². The van der Waals surface area contributed by atoms with Gasteiger partial charge in [-0.25, -0.2) is 0 Å². The van der Waals surface area contributed by atoms with Crippen LogP contribution in [-0.2, 0) is 13.0 Å². The monoisotopic (exact) mass is 333 g/mol. The molecule has 126 valence electrons. The fourth-order valence-electron chi connectivity index (χ4n) is 2.34. The predicted molar refractivity (Wildman–Crippen MR) is 80.5 cm³/mol. The first-order valence-corrected chi connectivity index (χ1v) is 7.10. The lowest BCUT2D eigenvalue weighted by Gasteiger charge is -2.00. The Morgan fingerprint density at radius 3 is 2.83 bits per heavy atom. The minimum atomic E-state index is -0.614. The number of nitrogens with one attached hydrogen (secondary N) is 1. The van der Waals surface area contributed by atoms with Gasteiger partial charge in [0.05, 0.1) is 17.7 Å². The van der Waals surface area contributed by atoms with Crippen molar-refractivity contribution < 1.29 is 14.1 Å². The molecule has 0 unspecified atom stereocenters. The molecular formula is C13H15N7O4. The molecule has 3 heterocycles. The molecular weight excluding hydrogens is 318 g/mol. The second kappa shape index (κ2) is 6.10. The number of H-pyrrole nitrogens is 1. The average molecular weight is 333 g/mol. The first-order valence-electron chi connectivity index (χ1n) is 7.10. The van der Waals surface area contributed by atoms with Gasteiger partial charge in [0.15, 0.2) is 0 Å². The van der Waals surface area contributed by atoms with E-state index in [1.165, 1.54) is 7.11 Å². The van der Waals surface area contributed by atoms with E-state index in [1.54, 1.807) is 0 Å². The van der Waals surface area contributed by atoms with Crippen molar-refractivity contribution >= 4 is 5.69 Å². The topological polar surface area (TPSA) is 138 Å². The normalized spacial score (nSPS) is 11.0. The Morgan fingerprint density at radius 1 is 1.42 bits per heavy atom. The number of nitrogens with zero attached hydrogens (tertiary/aromatic N) is 6. The fourth-order valence-corrected chi connectivity index (χ4v) is 2.34. The molecule has 11 nitrogen and oxygen atoms in total. The first kappa shape index (κ1) is 15.6. The van der Waals surface area contributed by atoms with Crippen molar-refractivity contribution in [1.82, 2.24) is 30.2 Å². The van der Waals surface area contributed by atoms with Gasteiger partial charge >= 0.3 is 11.6 Å². The molecule has 0 fully saturated rings. The van der Waals surface area contributed by atoms with Crippen LogP contribution < -0.4 is 4.74 Å². The van der Waals surface area contributed by atoms with E-state index in [2.05, 4.69) is 25.5 Å². The summed E-state index contributed by atoms with van der Waals surface area (Å²) in [5, 5.41) is 29.5. The Balaban J connectivity index is 1.80. The smallest absolute Gasteiger partial charge is 0.362 e. The number of aromatic amines is 1. The molecule has 0 bridgehead atoms. The van der Waals surface area contributed by atoms with Crippen molar-refractivity contribution in [2.75, 3.05) is 7.11 Å². The summed E-state index contributed by atoms with van der Waals surface area (Å²) < 4.78 is 12.2. The van der Waals surface area contributed by atoms with Crippen molar-refractivity contribution in [3.63, 3.8) is 0 Å². The van der Waals surface area contributed by atoms with Crippen LogP contribution in [0.25, 0.3) is 11.6 Å². The highest BCUT2D eigenvalue weighted by molar-refractivity contribution is 5.66. The van der Waals surface area contributed by atoms with Crippen molar-refractivity contribution in [3.05, 3.63) is 33.5 Å². The van der Waals surface area contributed by atoms with Gasteiger partial charge < -0.3 is 9.15 Å². The predicted octanol–water partition coefficient (Wildman–Crippen LogP) is 1.43. The molecule has 1 N–H and O–H groups in total. The van der Waals surface area contributed by atoms with Gasteiger partial charge in [0.25, 0.3) is 5.89 Å². The zero-order chi connectivity index (χ0) is 17.3. The Morgan fingerprint density at radius 2 is 2.21 bits per heavy atom. The summed E-state index contributed by atoms with van der Waals surface area (Å²) in [5.74, 6) is 0.193. The van der Waals surface area contributed by atoms with Crippen LogP contribution >= 0.6 is 0 Å². The molecule has 0 aliphatic carbocycles. The minimum absolute atomic E-state index is 0.0131. The largest absolute Gasteiger partial charge is 0.475 e. The van der Waals surface area contributed by atoms with Gasteiger partial charge in [-0.3, -0.25) is 19.9 Å². The number of methoxy groups -OCH3 is 1. The van der Waals surface area contributed by atoms with Crippen molar-refractivity contribution in [2.45, 2.75) is 26.8 Å². The number of ether oxygens (including phenoxy) is 1. The molecule has 0 amide bonds. The van der Waals surface area contributed by atoms with E-state index in [1.807, 2.05) is 24.6 Å². The van der Waals surface area contributed by atoms with Crippen molar-refractivity contribution in [1.29, 1.82) is 0 Å². The van der Waals surface area contributed by atoms with Crippen LogP contribution in [0.15, 0.2) is 10.5 Å². The molecule has 24 heavy (non-hydrogen) atoms. The zero-order valence-corrected chi connectivity index (χ0v) is 13.3. The molecule has 0 atom stereocenters. The quantitative estimate of drug-likeness (QED) is 0.528. The van der Waals surface area contributed by atoms with Crippen LogP contribution in [-0.4, -0.2) is 42.2 Å². The van der Waals surface area contributed by atoms with Gasteiger partial charge in [0.2, 0.25) is 11.6 Å². The summed E-state index contributed by atoms with van der Waals surface area (Å²) in [4.78, 5) is 10.5. The van der Waals surface area contributed by atoms with E-state index in [-0.39, 0.29) is 23.2 Å². The summed E-state index contributed by atoms with van der Waals surface area (Å²) in [6, 6.07) is 1.97. The van der Waals surface area contributed by atoms with Crippen molar-refractivity contribution in [3.8, 4) is 17.5 Å². The van der Waals surface area contributed by atoms with Crippen LogP contribution in [0.1, 0.15) is 17.3 Å². The molecule has 3 aromatic rings.